The molecule has 1 amide bonds. The van der Waals surface area contributed by atoms with Crippen molar-refractivity contribution in [2.45, 2.75) is 5.75 Å². The van der Waals surface area contributed by atoms with Crippen molar-refractivity contribution in [3.05, 3.63) is 82.3 Å². The maximum absolute atomic E-state index is 11.8. The first kappa shape index (κ1) is 17.7. The van der Waals surface area contributed by atoms with Crippen LogP contribution in [0.2, 0.25) is 0 Å². The molecule has 25 heavy (non-hydrogen) atoms. The topological polar surface area (TPSA) is 41.5 Å². The van der Waals surface area contributed by atoms with Crippen LogP contribution in [-0.4, -0.2) is 17.9 Å². The highest BCUT2D eigenvalue weighted by Crippen LogP contribution is 2.19. The third-order valence-corrected chi connectivity index (χ3v) is 5.12. The van der Waals surface area contributed by atoms with Gasteiger partial charge in [-0.05, 0) is 34.0 Å². The van der Waals surface area contributed by atoms with Gasteiger partial charge in [-0.15, -0.1) is 11.8 Å². The molecule has 0 saturated heterocycles. The minimum Gasteiger partial charge on any atom is -0.272 e. The van der Waals surface area contributed by atoms with Gasteiger partial charge in [0.15, 0.2) is 0 Å². The number of carbonyl (C=O) groups excluding carboxylic acids is 1. The minimum atomic E-state index is -0.0980. The van der Waals surface area contributed by atoms with Crippen molar-refractivity contribution in [2.24, 2.45) is 5.10 Å². The fourth-order valence-electron chi connectivity index (χ4n) is 2.35. The van der Waals surface area contributed by atoms with E-state index in [1.807, 2.05) is 36.4 Å². The average molecular weight is 413 g/mol. The van der Waals surface area contributed by atoms with Gasteiger partial charge in [0.25, 0.3) is 0 Å². The number of benzene rings is 3. The Morgan fingerprint density at radius 1 is 1.04 bits per heavy atom. The molecule has 5 heteroatoms. The van der Waals surface area contributed by atoms with E-state index in [1.54, 1.807) is 18.0 Å². The normalized spacial score (nSPS) is 11.1. The molecular formula is C20H17BrN2OS. The van der Waals surface area contributed by atoms with Gasteiger partial charge >= 0.3 is 0 Å². The minimum absolute atomic E-state index is 0.0980. The molecule has 3 nitrogen and oxygen atoms in total. The number of halogens is 1. The van der Waals surface area contributed by atoms with Gasteiger partial charge in [0, 0.05) is 10.2 Å². The van der Waals surface area contributed by atoms with Crippen LogP contribution in [0.4, 0.5) is 0 Å². The van der Waals surface area contributed by atoms with E-state index in [1.165, 1.54) is 16.3 Å². The molecule has 0 aliphatic carbocycles. The van der Waals surface area contributed by atoms with E-state index >= 15 is 0 Å². The second kappa shape index (κ2) is 8.83. The number of nitrogens with zero attached hydrogens (tertiary/aromatic N) is 1. The quantitative estimate of drug-likeness (QED) is 0.457. The lowest BCUT2D eigenvalue weighted by molar-refractivity contribution is -0.118. The molecule has 0 bridgehead atoms. The van der Waals surface area contributed by atoms with Crippen molar-refractivity contribution in [1.29, 1.82) is 0 Å². The molecule has 0 aliphatic rings. The van der Waals surface area contributed by atoms with Crippen LogP contribution in [0.25, 0.3) is 10.8 Å². The molecule has 0 atom stereocenters. The Hall–Kier alpha value is -2.11. The number of thioether (sulfide) groups is 1. The monoisotopic (exact) mass is 412 g/mol. The van der Waals surface area contributed by atoms with Gasteiger partial charge in [-0.3, -0.25) is 4.79 Å². The second-order valence-electron chi connectivity index (χ2n) is 5.52. The van der Waals surface area contributed by atoms with Crippen LogP contribution in [0, 0.1) is 0 Å². The Morgan fingerprint density at radius 3 is 2.60 bits per heavy atom. The first-order valence-corrected chi connectivity index (χ1v) is 9.78. The molecule has 0 saturated carbocycles. The summed E-state index contributed by atoms with van der Waals surface area (Å²) >= 11 is 4.96. The summed E-state index contributed by atoms with van der Waals surface area (Å²) in [6, 6.07) is 22.4. The lowest BCUT2D eigenvalue weighted by Crippen LogP contribution is -2.19. The van der Waals surface area contributed by atoms with Crippen LogP contribution in [0.15, 0.2) is 76.3 Å². The number of hydrogen-bond acceptors (Lipinski definition) is 3. The van der Waals surface area contributed by atoms with Crippen molar-refractivity contribution in [1.82, 2.24) is 5.43 Å². The molecule has 0 heterocycles. The molecule has 0 unspecified atom stereocenters. The number of amides is 1. The molecule has 0 spiro atoms. The van der Waals surface area contributed by atoms with Gasteiger partial charge < -0.3 is 0 Å². The van der Waals surface area contributed by atoms with Gasteiger partial charge in [-0.25, -0.2) is 5.43 Å². The summed E-state index contributed by atoms with van der Waals surface area (Å²) in [5.74, 6) is 1.08. The largest absolute Gasteiger partial charge is 0.272 e. The fraction of sp³-hybridized carbons (Fsp3) is 0.100. The maximum atomic E-state index is 11.8. The van der Waals surface area contributed by atoms with Crippen LogP contribution in [0.1, 0.15) is 11.1 Å². The Morgan fingerprint density at radius 2 is 1.80 bits per heavy atom. The summed E-state index contributed by atoms with van der Waals surface area (Å²) in [7, 11) is 0. The van der Waals surface area contributed by atoms with Crippen LogP contribution < -0.4 is 5.43 Å². The molecule has 0 aromatic heterocycles. The zero-order valence-electron chi connectivity index (χ0n) is 13.5. The Labute approximate surface area is 159 Å². The highest BCUT2D eigenvalue weighted by Gasteiger charge is 2.02. The summed E-state index contributed by atoms with van der Waals surface area (Å²) in [6.07, 6.45) is 1.64. The molecule has 0 radical (unpaired) electrons. The molecule has 1 N–H and O–H groups in total. The van der Waals surface area contributed by atoms with Gasteiger partial charge in [0.05, 0.1) is 12.0 Å². The van der Waals surface area contributed by atoms with E-state index < -0.39 is 0 Å². The SMILES string of the molecule is O=C(CSCc1ccc2ccccc2c1)N/N=C\c1ccc(Br)cc1. The summed E-state index contributed by atoms with van der Waals surface area (Å²) < 4.78 is 1.01. The lowest BCUT2D eigenvalue weighted by atomic mass is 10.1. The fourth-order valence-corrected chi connectivity index (χ4v) is 3.38. The van der Waals surface area contributed by atoms with Crippen molar-refractivity contribution in [3.8, 4) is 0 Å². The van der Waals surface area contributed by atoms with E-state index in [9.17, 15) is 4.79 Å². The molecule has 3 rings (SSSR count). The van der Waals surface area contributed by atoms with Crippen LogP contribution >= 0.6 is 27.7 Å². The number of nitrogens with one attached hydrogen (secondary N) is 1. The Kier molecular flexibility index (Phi) is 6.25. The number of hydrazone groups is 1. The zero-order valence-corrected chi connectivity index (χ0v) is 15.9. The summed E-state index contributed by atoms with van der Waals surface area (Å²) in [6.45, 7) is 0. The summed E-state index contributed by atoms with van der Waals surface area (Å²) in [5.41, 5.74) is 4.71. The predicted octanol–water partition coefficient (Wildman–Crippen LogP) is 4.99. The van der Waals surface area contributed by atoms with E-state index in [0.717, 1.165) is 15.8 Å². The van der Waals surface area contributed by atoms with Crippen LogP contribution in [-0.2, 0) is 10.5 Å². The van der Waals surface area contributed by atoms with Gasteiger partial charge in [0.2, 0.25) is 5.91 Å². The molecule has 0 fully saturated rings. The standard InChI is InChI=1S/C20H17BrN2OS/c21-19-9-6-15(7-10-19)12-22-23-20(24)14-25-13-16-5-8-17-3-1-2-4-18(17)11-16/h1-12H,13-14H2,(H,23,24)/b22-12-. The van der Waals surface area contributed by atoms with Crippen molar-refractivity contribution < 1.29 is 4.79 Å². The van der Waals surface area contributed by atoms with Crippen molar-refractivity contribution in [2.75, 3.05) is 5.75 Å². The summed E-state index contributed by atoms with van der Waals surface area (Å²) in [5, 5.41) is 6.44. The molecule has 3 aromatic carbocycles. The smallest absolute Gasteiger partial charge is 0.250 e. The molecule has 3 aromatic rings. The highest BCUT2D eigenvalue weighted by molar-refractivity contribution is 9.10. The van der Waals surface area contributed by atoms with Gasteiger partial charge in [-0.1, -0.05) is 70.5 Å². The Balaban J connectivity index is 1.44. The van der Waals surface area contributed by atoms with Crippen LogP contribution in [0.5, 0.6) is 0 Å². The maximum Gasteiger partial charge on any atom is 0.250 e. The number of rotatable bonds is 6. The lowest BCUT2D eigenvalue weighted by Gasteiger charge is -2.04. The van der Waals surface area contributed by atoms with E-state index in [0.29, 0.717) is 5.75 Å². The van der Waals surface area contributed by atoms with Gasteiger partial charge in [0.1, 0.15) is 0 Å². The van der Waals surface area contributed by atoms with Crippen molar-refractivity contribution in [3.63, 3.8) is 0 Å². The second-order valence-corrected chi connectivity index (χ2v) is 7.42. The first-order chi connectivity index (χ1) is 12.2. The predicted molar refractivity (Wildman–Crippen MR) is 110 cm³/mol. The number of fused-ring (bicyclic) bond motifs is 1. The van der Waals surface area contributed by atoms with Gasteiger partial charge in [-0.2, -0.15) is 5.10 Å². The Bertz CT molecular complexity index is 894. The van der Waals surface area contributed by atoms with Crippen LogP contribution in [0.3, 0.4) is 0 Å². The molecule has 126 valence electrons. The highest BCUT2D eigenvalue weighted by atomic mass is 79.9. The summed E-state index contributed by atoms with van der Waals surface area (Å²) in [4.78, 5) is 11.8. The molecular weight excluding hydrogens is 396 g/mol. The van der Waals surface area contributed by atoms with E-state index in [-0.39, 0.29) is 5.91 Å². The van der Waals surface area contributed by atoms with E-state index in [2.05, 4.69) is 56.8 Å². The average Bonchev–Trinajstić information content (AvgIpc) is 2.63. The zero-order chi connectivity index (χ0) is 17.5. The first-order valence-electron chi connectivity index (χ1n) is 7.83. The third-order valence-electron chi connectivity index (χ3n) is 3.59. The number of carbonyl (C=O) groups is 1. The van der Waals surface area contributed by atoms with Crippen molar-refractivity contribution >= 4 is 50.6 Å². The molecule has 0 aliphatic heterocycles. The third kappa shape index (κ3) is 5.44. The number of hydrogen-bond donors (Lipinski definition) is 1. The van der Waals surface area contributed by atoms with E-state index in [4.69, 9.17) is 0 Å².